The molecule has 0 spiro atoms. The van der Waals surface area contributed by atoms with Gasteiger partial charge in [0.1, 0.15) is 0 Å². The van der Waals surface area contributed by atoms with Gasteiger partial charge in [-0.05, 0) is 19.1 Å². The number of carboxylic acid groups (broad SMARTS) is 1. The number of nitrogens with zero attached hydrogens (tertiary/aromatic N) is 2. The van der Waals surface area contributed by atoms with Crippen LogP contribution in [-0.2, 0) is 0 Å². The quantitative estimate of drug-likeness (QED) is 0.772. The maximum Gasteiger partial charge on any atom is 0.362 e. The van der Waals surface area contributed by atoms with Crippen LogP contribution in [0, 0.1) is 6.92 Å². The molecular weight excluding hydrogens is 210 g/mol. The van der Waals surface area contributed by atoms with Crippen LogP contribution < -0.4 is 5.56 Å². The van der Waals surface area contributed by atoms with E-state index >= 15 is 0 Å². The van der Waals surface area contributed by atoms with Crippen LogP contribution in [0.2, 0.25) is 0 Å². The number of aromatic amines is 1. The topological polar surface area (TPSA) is 88.0 Å². The van der Waals surface area contributed by atoms with Crippen molar-refractivity contribution >= 4 is 5.97 Å². The van der Waals surface area contributed by atoms with Gasteiger partial charge in [0, 0.05) is 0 Å². The fraction of sp³-hybridized carbons (Fsp3) is 0.100. The van der Waals surface area contributed by atoms with Gasteiger partial charge < -0.3 is 5.11 Å². The minimum atomic E-state index is -1.34. The van der Waals surface area contributed by atoms with Gasteiger partial charge >= 0.3 is 11.5 Å². The van der Waals surface area contributed by atoms with E-state index in [0.29, 0.717) is 5.69 Å². The van der Waals surface area contributed by atoms with Crippen LogP contribution in [0.1, 0.15) is 16.1 Å². The summed E-state index contributed by atoms with van der Waals surface area (Å²) in [6.45, 7) is 1.92. The first-order valence-corrected chi connectivity index (χ1v) is 4.57. The third-order valence-electron chi connectivity index (χ3n) is 2.16. The fourth-order valence-electron chi connectivity index (χ4n) is 1.31. The molecule has 0 bridgehead atoms. The normalized spacial score (nSPS) is 10.3. The molecule has 0 saturated carbocycles. The highest BCUT2D eigenvalue weighted by atomic mass is 16.4. The third kappa shape index (κ3) is 1.60. The van der Waals surface area contributed by atoms with E-state index in [0.717, 1.165) is 10.2 Å². The smallest absolute Gasteiger partial charge is 0.362 e. The van der Waals surface area contributed by atoms with Crippen molar-refractivity contribution in [3.63, 3.8) is 0 Å². The van der Waals surface area contributed by atoms with Gasteiger partial charge in [-0.25, -0.2) is 14.7 Å². The highest BCUT2D eigenvalue weighted by Gasteiger charge is 2.15. The number of aryl methyl sites for hydroxylation is 1. The molecule has 82 valence electrons. The summed E-state index contributed by atoms with van der Waals surface area (Å²) < 4.78 is 1.09. The maximum atomic E-state index is 11.6. The fourth-order valence-corrected chi connectivity index (χ4v) is 1.31. The van der Waals surface area contributed by atoms with Gasteiger partial charge in [-0.15, -0.1) is 5.10 Å². The molecule has 1 aromatic carbocycles. The molecule has 0 radical (unpaired) electrons. The van der Waals surface area contributed by atoms with Crippen molar-refractivity contribution < 1.29 is 9.90 Å². The van der Waals surface area contributed by atoms with Crippen LogP contribution in [0.4, 0.5) is 0 Å². The monoisotopic (exact) mass is 219 g/mol. The summed E-state index contributed by atoms with van der Waals surface area (Å²) in [6.07, 6.45) is 0. The van der Waals surface area contributed by atoms with E-state index in [-0.39, 0.29) is 0 Å². The molecule has 2 aromatic rings. The first-order valence-electron chi connectivity index (χ1n) is 4.57. The molecule has 2 N–H and O–H groups in total. The summed E-state index contributed by atoms with van der Waals surface area (Å²) in [4.78, 5) is 22.2. The molecule has 0 atom stereocenters. The lowest BCUT2D eigenvalue weighted by atomic mass is 10.2. The Balaban J connectivity index is 2.53. The Morgan fingerprint density at radius 1 is 1.38 bits per heavy atom. The second-order valence-electron chi connectivity index (χ2n) is 3.34. The van der Waals surface area contributed by atoms with E-state index < -0.39 is 17.2 Å². The van der Waals surface area contributed by atoms with Crippen LogP contribution in [0.5, 0.6) is 0 Å². The van der Waals surface area contributed by atoms with Crippen LogP contribution in [0.15, 0.2) is 29.1 Å². The molecule has 0 aliphatic heterocycles. The van der Waals surface area contributed by atoms with Crippen molar-refractivity contribution in [3.8, 4) is 5.69 Å². The number of aromatic nitrogens is 3. The summed E-state index contributed by atoms with van der Waals surface area (Å²) in [5.41, 5.74) is 0.419. The lowest BCUT2D eigenvalue weighted by Gasteiger charge is -1.99. The molecule has 1 aromatic heterocycles. The minimum absolute atomic E-state index is 0.513. The van der Waals surface area contributed by atoms with Crippen LogP contribution in [0.3, 0.4) is 0 Å². The number of carboxylic acids is 1. The van der Waals surface area contributed by atoms with Crippen LogP contribution >= 0.6 is 0 Å². The summed E-state index contributed by atoms with van der Waals surface area (Å²) in [5, 5.41) is 14.5. The first kappa shape index (κ1) is 10.2. The molecule has 6 heteroatoms. The largest absolute Gasteiger partial charge is 0.476 e. The van der Waals surface area contributed by atoms with Crippen molar-refractivity contribution in [1.29, 1.82) is 0 Å². The Bertz CT molecular complexity index is 580. The van der Waals surface area contributed by atoms with Gasteiger partial charge in [-0.1, -0.05) is 17.7 Å². The molecule has 0 amide bonds. The van der Waals surface area contributed by atoms with Crippen LogP contribution in [0.25, 0.3) is 5.69 Å². The van der Waals surface area contributed by atoms with E-state index in [1.54, 1.807) is 12.1 Å². The Labute approximate surface area is 90.1 Å². The molecule has 0 aliphatic carbocycles. The lowest BCUT2D eigenvalue weighted by Crippen LogP contribution is -2.20. The molecular formula is C10H9N3O3. The van der Waals surface area contributed by atoms with Crippen molar-refractivity contribution in [2.75, 3.05) is 0 Å². The predicted molar refractivity (Wildman–Crippen MR) is 55.9 cm³/mol. The number of benzene rings is 1. The van der Waals surface area contributed by atoms with E-state index in [9.17, 15) is 9.59 Å². The highest BCUT2D eigenvalue weighted by Crippen LogP contribution is 2.05. The number of rotatable bonds is 2. The number of H-pyrrole nitrogens is 1. The SMILES string of the molecule is Cc1ccc(-n2[nH]nc(C(=O)O)c2=O)cc1. The summed E-state index contributed by atoms with van der Waals surface area (Å²) in [7, 11) is 0. The highest BCUT2D eigenvalue weighted by molar-refractivity contribution is 5.84. The van der Waals surface area contributed by atoms with Gasteiger partial charge in [0.2, 0.25) is 5.69 Å². The molecule has 2 rings (SSSR count). The Kier molecular flexibility index (Phi) is 2.32. The van der Waals surface area contributed by atoms with Crippen molar-refractivity contribution in [2.24, 2.45) is 0 Å². The number of hydrogen-bond donors (Lipinski definition) is 2. The van der Waals surface area contributed by atoms with Gasteiger partial charge in [-0.3, -0.25) is 4.79 Å². The average Bonchev–Trinajstić information content (AvgIpc) is 2.61. The number of carbonyl (C=O) groups is 1. The van der Waals surface area contributed by atoms with E-state index in [1.807, 2.05) is 19.1 Å². The molecule has 0 saturated heterocycles. The minimum Gasteiger partial charge on any atom is -0.476 e. The molecule has 0 fully saturated rings. The first-order chi connectivity index (χ1) is 7.59. The molecule has 6 nitrogen and oxygen atoms in total. The number of aromatic carboxylic acids is 1. The van der Waals surface area contributed by atoms with Gasteiger partial charge in [0.15, 0.2) is 0 Å². The molecule has 16 heavy (non-hydrogen) atoms. The zero-order valence-electron chi connectivity index (χ0n) is 8.47. The summed E-state index contributed by atoms with van der Waals surface area (Å²) in [6, 6.07) is 7.06. The average molecular weight is 219 g/mol. The Morgan fingerprint density at radius 3 is 2.50 bits per heavy atom. The third-order valence-corrected chi connectivity index (χ3v) is 2.16. The predicted octanol–water partition coefficient (Wildman–Crippen LogP) is 0.567. The number of hydrogen-bond acceptors (Lipinski definition) is 3. The van der Waals surface area contributed by atoms with Crippen molar-refractivity contribution in [2.45, 2.75) is 6.92 Å². The van der Waals surface area contributed by atoms with E-state index in [1.165, 1.54) is 0 Å². The van der Waals surface area contributed by atoms with Gasteiger partial charge in [-0.2, -0.15) is 0 Å². The molecule has 0 aliphatic rings. The second kappa shape index (κ2) is 3.65. The molecule has 1 heterocycles. The van der Waals surface area contributed by atoms with E-state index in [2.05, 4.69) is 10.3 Å². The van der Waals surface area contributed by atoms with Crippen molar-refractivity contribution in [3.05, 3.63) is 45.9 Å². The van der Waals surface area contributed by atoms with Crippen molar-refractivity contribution in [1.82, 2.24) is 15.0 Å². The zero-order chi connectivity index (χ0) is 11.7. The van der Waals surface area contributed by atoms with E-state index in [4.69, 9.17) is 5.11 Å². The zero-order valence-corrected chi connectivity index (χ0v) is 8.47. The maximum absolute atomic E-state index is 11.6. The van der Waals surface area contributed by atoms with Gasteiger partial charge in [0.25, 0.3) is 0 Å². The molecule has 0 unspecified atom stereocenters. The summed E-state index contributed by atoms with van der Waals surface area (Å²) >= 11 is 0. The second-order valence-corrected chi connectivity index (χ2v) is 3.34. The lowest BCUT2D eigenvalue weighted by molar-refractivity contribution is 0.0689. The summed E-state index contributed by atoms with van der Waals surface area (Å²) in [5.74, 6) is -1.34. The Morgan fingerprint density at radius 2 is 2.00 bits per heavy atom. The number of nitrogens with one attached hydrogen (secondary N) is 1. The Hall–Kier alpha value is -2.37. The van der Waals surface area contributed by atoms with Gasteiger partial charge in [0.05, 0.1) is 5.69 Å². The van der Waals surface area contributed by atoms with Crippen LogP contribution in [-0.4, -0.2) is 26.1 Å². The standard InChI is InChI=1S/C10H9N3O3/c1-6-2-4-7(5-3-6)13-9(14)8(10(15)16)11-12-13/h2-5,12H,1H3,(H,15,16).